The van der Waals surface area contributed by atoms with Crippen LogP contribution in [0.2, 0.25) is 0 Å². The second kappa shape index (κ2) is 6.19. The van der Waals surface area contributed by atoms with E-state index in [1.807, 2.05) is 0 Å². The van der Waals surface area contributed by atoms with Crippen molar-refractivity contribution in [2.24, 2.45) is 17.8 Å². The first kappa shape index (κ1) is 13.4. The summed E-state index contributed by atoms with van der Waals surface area (Å²) in [6, 6.07) is 0.776. The van der Waals surface area contributed by atoms with E-state index in [0.29, 0.717) is 0 Å². The van der Waals surface area contributed by atoms with Crippen molar-refractivity contribution in [2.75, 3.05) is 26.7 Å². The molecular formula is C15H30N2. The molecular weight excluding hydrogens is 208 g/mol. The van der Waals surface area contributed by atoms with E-state index in [2.05, 4.69) is 31.1 Å². The number of rotatable bonds is 6. The molecule has 2 heteroatoms. The van der Waals surface area contributed by atoms with Crippen molar-refractivity contribution in [3.8, 4) is 0 Å². The molecule has 0 radical (unpaired) electrons. The maximum atomic E-state index is 3.70. The summed E-state index contributed by atoms with van der Waals surface area (Å²) in [4.78, 5) is 2.59. The van der Waals surface area contributed by atoms with Gasteiger partial charge in [-0.2, -0.15) is 0 Å². The quantitative estimate of drug-likeness (QED) is 0.765. The maximum absolute atomic E-state index is 3.70. The predicted molar refractivity (Wildman–Crippen MR) is 74.2 cm³/mol. The predicted octanol–water partition coefficient (Wildman–Crippen LogP) is 2.74. The van der Waals surface area contributed by atoms with Crippen LogP contribution in [0.1, 0.15) is 46.0 Å². The van der Waals surface area contributed by atoms with E-state index >= 15 is 0 Å². The zero-order valence-corrected chi connectivity index (χ0v) is 11.9. The van der Waals surface area contributed by atoms with Crippen LogP contribution in [0.15, 0.2) is 0 Å². The minimum Gasteiger partial charge on any atom is -0.314 e. The zero-order chi connectivity index (χ0) is 12.3. The van der Waals surface area contributed by atoms with E-state index in [1.165, 1.54) is 45.2 Å². The Hall–Kier alpha value is -0.0800. The Balaban J connectivity index is 1.80. The maximum Gasteiger partial charge on any atom is 0.0108 e. The van der Waals surface area contributed by atoms with E-state index in [0.717, 1.165) is 30.3 Å². The summed E-state index contributed by atoms with van der Waals surface area (Å²) >= 11 is 0. The highest BCUT2D eigenvalue weighted by atomic mass is 15.1. The summed E-state index contributed by atoms with van der Waals surface area (Å²) < 4.78 is 0. The van der Waals surface area contributed by atoms with Crippen LogP contribution in [0.4, 0.5) is 0 Å². The van der Waals surface area contributed by atoms with Gasteiger partial charge in [0.1, 0.15) is 0 Å². The van der Waals surface area contributed by atoms with Crippen molar-refractivity contribution in [3.63, 3.8) is 0 Å². The summed E-state index contributed by atoms with van der Waals surface area (Å²) in [5, 5.41) is 3.70. The Morgan fingerprint density at radius 3 is 2.53 bits per heavy atom. The molecule has 2 saturated carbocycles. The molecule has 0 aromatic rings. The van der Waals surface area contributed by atoms with Gasteiger partial charge in [0.25, 0.3) is 0 Å². The Morgan fingerprint density at radius 2 is 1.88 bits per heavy atom. The topological polar surface area (TPSA) is 15.3 Å². The molecule has 0 saturated heterocycles. The molecule has 2 aliphatic rings. The number of nitrogens with zero attached hydrogens (tertiary/aromatic N) is 1. The number of hydrogen-bond acceptors (Lipinski definition) is 2. The van der Waals surface area contributed by atoms with Crippen LogP contribution in [0.5, 0.6) is 0 Å². The lowest BCUT2D eigenvalue weighted by Crippen LogP contribution is -2.45. The average Bonchev–Trinajstić information content (AvgIpc) is 3.06. The molecule has 0 bridgehead atoms. The highest BCUT2D eigenvalue weighted by Gasteiger charge is 2.30. The van der Waals surface area contributed by atoms with Gasteiger partial charge in [-0.3, -0.25) is 0 Å². The Morgan fingerprint density at radius 1 is 1.12 bits per heavy atom. The summed E-state index contributed by atoms with van der Waals surface area (Å²) in [6.45, 7) is 8.43. The van der Waals surface area contributed by atoms with E-state index in [4.69, 9.17) is 0 Å². The first-order valence-electron chi connectivity index (χ1n) is 7.61. The van der Waals surface area contributed by atoms with Crippen molar-refractivity contribution in [2.45, 2.75) is 52.0 Å². The number of hydrogen-bond donors (Lipinski definition) is 1. The van der Waals surface area contributed by atoms with Crippen LogP contribution in [0.25, 0.3) is 0 Å². The minimum atomic E-state index is 0.776. The van der Waals surface area contributed by atoms with E-state index < -0.39 is 0 Å². The molecule has 100 valence electrons. The third-order valence-corrected chi connectivity index (χ3v) is 4.52. The molecule has 0 amide bonds. The number of nitrogens with one attached hydrogen (secondary N) is 1. The Bertz CT molecular complexity index is 225. The van der Waals surface area contributed by atoms with Gasteiger partial charge in [-0.25, -0.2) is 0 Å². The molecule has 1 N–H and O–H groups in total. The second-order valence-electron chi connectivity index (χ2n) is 6.51. The van der Waals surface area contributed by atoms with Gasteiger partial charge in [0.2, 0.25) is 0 Å². The third kappa shape index (κ3) is 4.26. The van der Waals surface area contributed by atoms with Gasteiger partial charge in [0.15, 0.2) is 0 Å². The Labute approximate surface area is 107 Å². The molecule has 0 spiro atoms. The van der Waals surface area contributed by atoms with Gasteiger partial charge >= 0.3 is 0 Å². The molecule has 2 nitrogen and oxygen atoms in total. The van der Waals surface area contributed by atoms with E-state index in [1.54, 1.807) is 0 Å². The second-order valence-corrected chi connectivity index (χ2v) is 6.51. The smallest absolute Gasteiger partial charge is 0.0108 e. The van der Waals surface area contributed by atoms with Crippen molar-refractivity contribution in [3.05, 3.63) is 0 Å². The third-order valence-electron chi connectivity index (χ3n) is 4.52. The minimum absolute atomic E-state index is 0.776. The van der Waals surface area contributed by atoms with Gasteiger partial charge in [-0.15, -0.1) is 0 Å². The fraction of sp³-hybridized carbons (Fsp3) is 1.00. The zero-order valence-electron chi connectivity index (χ0n) is 11.9. The van der Waals surface area contributed by atoms with E-state index in [9.17, 15) is 0 Å². The highest BCUT2D eigenvalue weighted by Crippen LogP contribution is 2.32. The fourth-order valence-electron chi connectivity index (χ4n) is 3.45. The molecule has 2 aliphatic carbocycles. The molecule has 2 fully saturated rings. The molecule has 0 aliphatic heterocycles. The molecule has 3 atom stereocenters. The van der Waals surface area contributed by atoms with Gasteiger partial charge < -0.3 is 10.2 Å². The standard InChI is InChI=1S/C15H30N2/c1-4-16-15-8-5-12(2)9-14(15)11-17(3)10-13-6-7-13/h12-16H,4-11H2,1-3H3. The van der Waals surface area contributed by atoms with Crippen LogP contribution in [-0.4, -0.2) is 37.6 Å². The molecule has 17 heavy (non-hydrogen) atoms. The van der Waals surface area contributed by atoms with Crippen molar-refractivity contribution >= 4 is 0 Å². The summed E-state index contributed by atoms with van der Waals surface area (Å²) in [6.07, 6.45) is 7.17. The van der Waals surface area contributed by atoms with Crippen molar-refractivity contribution < 1.29 is 0 Å². The first-order chi connectivity index (χ1) is 8.19. The van der Waals surface area contributed by atoms with Crippen LogP contribution < -0.4 is 5.32 Å². The van der Waals surface area contributed by atoms with E-state index in [-0.39, 0.29) is 0 Å². The average molecular weight is 238 g/mol. The Kier molecular flexibility index (Phi) is 4.87. The van der Waals surface area contributed by atoms with Crippen LogP contribution in [0, 0.1) is 17.8 Å². The monoisotopic (exact) mass is 238 g/mol. The van der Waals surface area contributed by atoms with Gasteiger partial charge in [0.05, 0.1) is 0 Å². The normalized spacial score (nSPS) is 34.2. The summed E-state index contributed by atoms with van der Waals surface area (Å²) in [5.74, 6) is 2.84. The molecule has 0 aromatic heterocycles. The molecule has 2 rings (SSSR count). The highest BCUT2D eigenvalue weighted by molar-refractivity contribution is 4.86. The van der Waals surface area contributed by atoms with Crippen LogP contribution in [0.3, 0.4) is 0 Å². The largest absolute Gasteiger partial charge is 0.314 e. The van der Waals surface area contributed by atoms with Crippen LogP contribution in [-0.2, 0) is 0 Å². The van der Waals surface area contributed by atoms with Gasteiger partial charge in [0, 0.05) is 19.1 Å². The van der Waals surface area contributed by atoms with Crippen molar-refractivity contribution in [1.82, 2.24) is 10.2 Å². The summed E-state index contributed by atoms with van der Waals surface area (Å²) in [5.41, 5.74) is 0. The fourth-order valence-corrected chi connectivity index (χ4v) is 3.45. The van der Waals surface area contributed by atoms with Crippen LogP contribution >= 0.6 is 0 Å². The first-order valence-corrected chi connectivity index (χ1v) is 7.61. The SMILES string of the molecule is CCNC1CCC(C)CC1CN(C)CC1CC1. The molecule has 0 heterocycles. The molecule has 3 unspecified atom stereocenters. The lowest BCUT2D eigenvalue weighted by molar-refractivity contribution is 0.159. The van der Waals surface area contributed by atoms with Gasteiger partial charge in [-0.05, 0) is 63.5 Å². The van der Waals surface area contributed by atoms with Crippen molar-refractivity contribution in [1.29, 1.82) is 0 Å². The lowest BCUT2D eigenvalue weighted by Gasteiger charge is -2.37. The summed E-state index contributed by atoms with van der Waals surface area (Å²) in [7, 11) is 2.32. The van der Waals surface area contributed by atoms with Gasteiger partial charge in [-0.1, -0.05) is 13.8 Å². The molecule has 0 aromatic carbocycles. The lowest BCUT2D eigenvalue weighted by atomic mass is 9.78.